The molecule has 0 aromatic heterocycles. The van der Waals surface area contributed by atoms with E-state index in [1.165, 1.54) is 38.8 Å². The summed E-state index contributed by atoms with van der Waals surface area (Å²) in [5, 5.41) is 4.42. The van der Waals surface area contributed by atoms with Crippen LogP contribution in [0.15, 0.2) is 18.2 Å². The third-order valence-corrected chi connectivity index (χ3v) is 4.65. The second-order valence-electron chi connectivity index (χ2n) is 5.88. The molecule has 1 heterocycles. The van der Waals surface area contributed by atoms with Gasteiger partial charge in [-0.3, -0.25) is 0 Å². The molecule has 0 bridgehead atoms. The topological polar surface area (TPSA) is 24.5 Å². The van der Waals surface area contributed by atoms with E-state index in [-0.39, 0.29) is 0 Å². The molecule has 1 saturated carbocycles. The van der Waals surface area contributed by atoms with Gasteiger partial charge in [0.15, 0.2) is 0 Å². The minimum atomic E-state index is 0.619. The third-order valence-electron chi connectivity index (χ3n) is 4.42. The van der Waals surface area contributed by atoms with Crippen LogP contribution in [-0.2, 0) is 6.54 Å². The number of ether oxygens (including phenoxy) is 1. The highest BCUT2D eigenvalue weighted by atomic mass is 35.5. The Balaban J connectivity index is 1.50. The Hall–Kier alpha value is -0.770. The Bertz CT molecular complexity index is 454. The molecule has 3 nitrogen and oxygen atoms in total. The first-order chi connectivity index (χ1) is 9.76. The first kappa shape index (κ1) is 14.2. The van der Waals surface area contributed by atoms with E-state index < -0.39 is 0 Å². The summed E-state index contributed by atoms with van der Waals surface area (Å²) < 4.78 is 5.39. The van der Waals surface area contributed by atoms with Gasteiger partial charge in [0.1, 0.15) is 5.75 Å². The van der Waals surface area contributed by atoms with Gasteiger partial charge < -0.3 is 15.0 Å². The monoisotopic (exact) mass is 294 g/mol. The van der Waals surface area contributed by atoms with Crippen LogP contribution in [0, 0.1) is 0 Å². The Morgan fingerprint density at radius 3 is 2.65 bits per heavy atom. The lowest BCUT2D eigenvalue weighted by Gasteiger charge is -2.32. The smallest absolute Gasteiger partial charge is 0.123 e. The fourth-order valence-corrected chi connectivity index (χ4v) is 3.24. The van der Waals surface area contributed by atoms with Gasteiger partial charge in [0.25, 0.3) is 0 Å². The predicted octanol–water partition coefficient (Wildman–Crippen LogP) is 3.07. The molecule has 1 N–H and O–H groups in total. The minimum absolute atomic E-state index is 0.619. The first-order valence-corrected chi connectivity index (χ1v) is 7.94. The minimum Gasteiger partial charge on any atom is -0.496 e. The fraction of sp³-hybridized carbons (Fsp3) is 0.625. The van der Waals surface area contributed by atoms with Crippen LogP contribution < -0.4 is 10.1 Å². The summed E-state index contributed by atoms with van der Waals surface area (Å²) in [5.74, 6) is 0.914. The normalized spacial score (nSPS) is 21.1. The van der Waals surface area contributed by atoms with Crippen molar-refractivity contribution in [2.45, 2.75) is 44.3 Å². The van der Waals surface area contributed by atoms with E-state index in [0.717, 1.165) is 28.9 Å². The number of nitrogens with one attached hydrogen (secondary N) is 1. The SMILES string of the molecule is COc1ccc(Cl)cc1CNC1CCN(C2CC2)CC1. The number of benzene rings is 1. The van der Waals surface area contributed by atoms with E-state index >= 15 is 0 Å². The summed E-state index contributed by atoms with van der Waals surface area (Å²) >= 11 is 6.07. The van der Waals surface area contributed by atoms with Crippen molar-refractivity contribution in [1.29, 1.82) is 0 Å². The number of likely N-dealkylation sites (tertiary alicyclic amines) is 1. The second-order valence-corrected chi connectivity index (χ2v) is 6.31. The van der Waals surface area contributed by atoms with Crippen LogP contribution >= 0.6 is 11.6 Å². The van der Waals surface area contributed by atoms with Crippen molar-refractivity contribution in [2.75, 3.05) is 20.2 Å². The van der Waals surface area contributed by atoms with Gasteiger partial charge in [-0.05, 0) is 57.0 Å². The Labute approximate surface area is 126 Å². The van der Waals surface area contributed by atoms with Crippen LogP contribution in [0.4, 0.5) is 0 Å². The van der Waals surface area contributed by atoms with Crippen molar-refractivity contribution in [3.05, 3.63) is 28.8 Å². The molecule has 3 rings (SSSR count). The number of piperidine rings is 1. The summed E-state index contributed by atoms with van der Waals surface area (Å²) in [6.45, 7) is 3.32. The molecule has 1 saturated heterocycles. The molecule has 20 heavy (non-hydrogen) atoms. The molecule has 0 spiro atoms. The molecule has 0 atom stereocenters. The summed E-state index contributed by atoms with van der Waals surface area (Å²) in [7, 11) is 1.71. The van der Waals surface area contributed by atoms with E-state index in [1.54, 1.807) is 7.11 Å². The standard InChI is InChI=1S/C16H23ClN2O/c1-20-16-5-2-13(17)10-12(16)11-18-14-6-8-19(9-7-14)15-3-4-15/h2,5,10,14-15,18H,3-4,6-9,11H2,1H3. The van der Waals surface area contributed by atoms with E-state index in [1.807, 2.05) is 18.2 Å². The summed E-state index contributed by atoms with van der Waals surface area (Å²) in [6, 6.07) is 7.33. The van der Waals surface area contributed by atoms with Gasteiger partial charge in [-0.15, -0.1) is 0 Å². The number of methoxy groups -OCH3 is 1. The molecular weight excluding hydrogens is 272 g/mol. The molecule has 110 valence electrons. The van der Waals surface area contributed by atoms with E-state index in [0.29, 0.717) is 6.04 Å². The predicted molar refractivity (Wildman–Crippen MR) is 82.5 cm³/mol. The first-order valence-electron chi connectivity index (χ1n) is 7.56. The third kappa shape index (κ3) is 3.46. The average molecular weight is 295 g/mol. The van der Waals surface area contributed by atoms with Crippen molar-refractivity contribution in [2.24, 2.45) is 0 Å². The van der Waals surface area contributed by atoms with Gasteiger partial charge in [-0.25, -0.2) is 0 Å². The lowest BCUT2D eigenvalue weighted by molar-refractivity contribution is 0.189. The zero-order valence-electron chi connectivity index (χ0n) is 12.1. The Kier molecular flexibility index (Phi) is 4.49. The van der Waals surface area contributed by atoms with Gasteiger partial charge >= 0.3 is 0 Å². The van der Waals surface area contributed by atoms with E-state index in [2.05, 4.69) is 10.2 Å². The molecule has 0 amide bonds. The highest BCUT2D eigenvalue weighted by Gasteiger charge is 2.31. The number of hydrogen-bond donors (Lipinski definition) is 1. The number of rotatable bonds is 5. The fourth-order valence-electron chi connectivity index (χ4n) is 3.05. The number of halogens is 1. The van der Waals surface area contributed by atoms with Crippen molar-refractivity contribution in [3.63, 3.8) is 0 Å². The van der Waals surface area contributed by atoms with E-state index in [4.69, 9.17) is 16.3 Å². The van der Waals surface area contributed by atoms with Crippen LogP contribution in [0.1, 0.15) is 31.2 Å². The summed E-state index contributed by atoms with van der Waals surface area (Å²) in [4.78, 5) is 2.65. The van der Waals surface area contributed by atoms with Crippen molar-refractivity contribution >= 4 is 11.6 Å². The van der Waals surface area contributed by atoms with E-state index in [9.17, 15) is 0 Å². The molecule has 0 unspecified atom stereocenters. The highest BCUT2D eigenvalue weighted by molar-refractivity contribution is 6.30. The molecule has 1 aromatic rings. The summed E-state index contributed by atoms with van der Waals surface area (Å²) in [6.07, 6.45) is 5.33. The molecule has 1 aromatic carbocycles. The Morgan fingerprint density at radius 2 is 2.00 bits per heavy atom. The maximum atomic E-state index is 6.07. The van der Waals surface area contributed by atoms with Gasteiger partial charge in [-0.1, -0.05) is 11.6 Å². The van der Waals surface area contributed by atoms with Crippen molar-refractivity contribution < 1.29 is 4.74 Å². The van der Waals surface area contributed by atoms with Crippen LogP contribution in [0.2, 0.25) is 5.02 Å². The summed E-state index contributed by atoms with van der Waals surface area (Å²) in [5.41, 5.74) is 1.14. The maximum Gasteiger partial charge on any atom is 0.123 e. The molecule has 2 aliphatic rings. The van der Waals surface area contributed by atoms with Gasteiger partial charge in [-0.2, -0.15) is 0 Å². The zero-order valence-corrected chi connectivity index (χ0v) is 12.8. The van der Waals surface area contributed by atoms with Crippen LogP contribution in [0.25, 0.3) is 0 Å². The second kappa shape index (κ2) is 6.33. The number of hydrogen-bond acceptors (Lipinski definition) is 3. The Morgan fingerprint density at radius 1 is 1.25 bits per heavy atom. The molecule has 2 fully saturated rings. The van der Waals surface area contributed by atoms with Gasteiger partial charge in [0.05, 0.1) is 7.11 Å². The largest absolute Gasteiger partial charge is 0.496 e. The maximum absolute atomic E-state index is 6.07. The molecule has 1 aliphatic carbocycles. The molecule has 0 radical (unpaired) electrons. The molecular formula is C16H23ClN2O. The van der Waals surface area contributed by atoms with Crippen molar-refractivity contribution in [1.82, 2.24) is 10.2 Å². The average Bonchev–Trinajstić information content (AvgIpc) is 3.30. The quantitative estimate of drug-likeness (QED) is 0.903. The van der Waals surface area contributed by atoms with Gasteiger partial charge in [0.2, 0.25) is 0 Å². The van der Waals surface area contributed by atoms with Crippen molar-refractivity contribution in [3.8, 4) is 5.75 Å². The lowest BCUT2D eigenvalue weighted by atomic mass is 10.0. The van der Waals surface area contributed by atoms with Crippen LogP contribution in [0.3, 0.4) is 0 Å². The molecule has 1 aliphatic heterocycles. The lowest BCUT2D eigenvalue weighted by Crippen LogP contribution is -2.43. The molecule has 4 heteroatoms. The van der Waals surface area contributed by atoms with Gasteiger partial charge in [0, 0.05) is 29.2 Å². The zero-order chi connectivity index (χ0) is 13.9. The van der Waals surface area contributed by atoms with Crippen LogP contribution in [-0.4, -0.2) is 37.2 Å². The highest BCUT2D eigenvalue weighted by Crippen LogP contribution is 2.29. The number of nitrogens with zero attached hydrogens (tertiary/aromatic N) is 1. The van der Waals surface area contributed by atoms with Crippen LogP contribution in [0.5, 0.6) is 5.75 Å².